The van der Waals surface area contributed by atoms with Crippen molar-refractivity contribution in [3.8, 4) is 6.07 Å². The summed E-state index contributed by atoms with van der Waals surface area (Å²) in [6.07, 6.45) is 0. The van der Waals surface area contributed by atoms with Gasteiger partial charge in [-0.15, -0.1) is 0 Å². The van der Waals surface area contributed by atoms with Gasteiger partial charge in [0.05, 0.1) is 0 Å². The molecular formula is C12H11IN2O2. The highest BCUT2D eigenvalue weighted by Crippen LogP contribution is 2.22. The van der Waals surface area contributed by atoms with Gasteiger partial charge in [0.15, 0.2) is 5.57 Å². The molecule has 0 fully saturated rings. The lowest BCUT2D eigenvalue weighted by atomic mass is 10.1. The van der Waals surface area contributed by atoms with Crippen LogP contribution >= 0.6 is 22.6 Å². The van der Waals surface area contributed by atoms with E-state index in [1.54, 1.807) is 24.3 Å². The molecule has 0 radical (unpaired) electrons. The van der Waals surface area contributed by atoms with E-state index in [0.29, 0.717) is 5.56 Å². The molecule has 0 heterocycles. The predicted molar refractivity (Wildman–Crippen MR) is 73.0 cm³/mol. The van der Waals surface area contributed by atoms with Gasteiger partial charge < -0.3 is 10.0 Å². The van der Waals surface area contributed by atoms with Crippen LogP contribution in [-0.2, 0) is 4.79 Å². The Bertz CT molecular complexity index is 515. The summed E-state index contributed by atoms with van der Waals surface area (Å²) in [4.78, 5) is 12.9. The van der Waals surface area contributed by atoms with Gasteiger partial charge in [0, 0.05) is 23.2 Å². The number of hydrogen-bond acceptors (Lipinski definition) is 3. The van der Waals surface area contributed by atoms with Gasteiger partial charge in [0.1, 0.15) is 11.8 Å². The van der Waals surface area contributed by atoms with Crippen LogP contribution in [0.25, 0.3) is 5.76 Å². The van der Waals surface area contributed by atoms with Crippen molar-refractivity contribution >= 4 is 34.3 Å². The lowest BCUT2D eigenvalue weighted by molar-refractivity contribution is -0.124. The molecule has 1 rings (SSSR count). The van der Waals surface area contributed by atoms with Gasteiger partial charge in [0.25, 0.3) is 5.91 Å². The molecule has 0 atom stereocenters. The van der Waals surface area contributed by atoms with Crippen molar-refractivity contribution in [1.82, 2.24) is 4.90 Å². The van der Waals surface area contributed by atoms with Gasteiger partial charge in [-0.05, 0) is 28.7 Å². The largest absolute Gasteiger partial charge is 0.506 e. The quantitative estimate of drug-likeness (QED) is 0.388. The van der Waals surface area contributed by atoms with Crippen molar-refractivity contribution in [2.24, 2.45) is 0 Å². The third kappa shape index (κ3) is 2.97. The van der Waals surface area contributed by atoms with Crippen molar-refractivity contribution in [2.75, 3.05) is 14.1 Å². The van der Waals surface area contributed by atoms with Gasteiger partial charge in [0.2, 0.25) is 0 Å². The van der Waals surface area contributed by atoms with E-state index in [0.717, 1.165) is 3.57 Å². The molecule has 1 amide bonds. The Kier molecular flexibility index (Phi) is 4.52. The molecule has 0 aliphatic rings. The molecule has 0 spiro atoms. The number of nitrogens with zero attached hydrogens (tertiary/aromatic N) is 2. The Morgan fingerprint density at radius 2 is 2.00 bits per heavy atom. The van der Waals surface area contributed by atoms with Gasteiger partial charge in [-0.2, -0.15) is 5.26 Å². The summed E-state index contributed by atoms with van der Waals surface area (Å²) in [5, 5.41) is 18.9. The van der Waals surface area contributed by atoms with Gasteiger partial charge in [-0.25, -0.2) is 0 Å². The number of hydrogen-bond donors (Lipinski definition) is 1. The molecule has 17 heavy (non-hydrogen) atoms. The van der Waals surface area contributed by atoms with Crippen LogP contribution in [0.15, 0.2) is 29.8 Å². The summed E-state index contributed by atoms with van der Waals surface area (Å²) in [7, 11) is 3.06. The number of aliphatic hydroxyl groups is 1. The molecule has 0 saturated heterocycles. The number of benzene rings is 1. The van der Waals surface area contributed by atoms with Crippen LogP contribution in [0.1, 0.15) is 5.56 Å². The van der Waals surface area contributed by atoms with E-state index < -0.39 is 5.91 Å². The van der Waals surface area contributed by atoms with Crippen molar-refractivity contribution in [2.45, 2.75) is 0 Å². The number of carbonyl (C=O) groups is 1. The first-order valence-corrected chi connectivity index (χ1v) is 5.86. The fraction of sp³-hybridized carbons (Fsp3) is 0.167. The van der Waals surface area contributed by atoms with Gasteiger partial charge >= 0.3 is 0 Å². The van der Waals surface area contributed by atoms with E-state index in [9.17, 15) is 9.90 Å². The fourth-order valence-corrected chi connectivity index (χ4v) is 1.86. The minimum absolute atomic E-state index is 0.251. The molecule has 88 valence electrons. The number of aliphatic hydroxyl groups excluding tert-OH is 1. The van der Waals surface area contributed by atoms with E-state index in [4.69, 9.17) is 5.26 Å². The molecular weight excluding hydrogens is 331 g/mol. The van der Waals surface area contributed by atoms with Crippen LogP contribution < -0.4 is 0 Å². The Balaban J connectivity index is 3.34. The molecule has 5 heteroatoms. The van der Waals surface area contributed by atoms with Crippen molar-refractivity contribution in [3.05, 3.63) is 39.0 Å². The summed E-state index contributed by atoms with van der Waals surface area (Å²) in [5.41, 5.74) is 0.235. The van der Waals surface area contributed by atoms with Crippen LogP contribution in [0.4, 0.5) is 0 Å². The summed E-state index contributed by atoms with van der Waals surface area (Å²) in [6, 6.07) is 8.76. The van der Waals surface area contributed by atoms with E-state index in [1.165, 1.54) is 19.0 Å². The lowest BCUT2D eigenvalue weighted by Gasteiger charge is -2.11. The lowest BCUT2D eigenvalue weighted by Crippen LogP contribution is -2.23. The number of carbonyl (C=O) groups excluding carboxylic acids is 1. The van der Waals surface area contributed by atoms with Crippen LogP contribution in [-0.4, -0.2) is 30.0 Å². The number of halogens is 1. The van der Waals surface area contributed by atoms with Crippen molar-refractivity contribution in [1.29, 1.82) is 5.26 Å². The highest BCUT2D eigenvalue weighted by molar-refractivity contribution is 14.1. The average Bonchev–Trinajstić information content (AvgIpc) is 2.30. The SMILES string of the molecule is CN(C)C(=O)C(C#N)=C(O)c1ccccc1I. The number of amides is 1. The fourth-order valence-electron chi connectivity index (χ4n) is 1.21. The smallest absolute Gasteiger partial charge is 0.267 e. The highest BCUT2D eigenvalue weighted by atomic mass is 127. The summed E-state index contributed by atoms with van der Waals surface area (Å²) in [5.74, 6) is -0.791. The molecule has 0 aliphatic carbocycles. The second-order valence-corrected chi connectivity index (χ2v) is 4.68. The average molecular weight is 342 g/mol. The summed E-state index contributed by atoms with van der Waals surface area (Å²) < 4.78 is 0.780. The summed E-state index contributed by atoms with van der Waals surface area (Å²) in [6.45, 7) is 0. The normalized spacial score (nSPS) is 11.4. The third-order valence-electron chi connectivity index (χ3n) is 2.10. The number of nitriles is 1. The molecule has 0 saturated carbocycles. The van der Waals surface area contributed by atoms with E-state index in [-0.39, 0.29) is 11.3 Å². The number of rotatable bonds is 2. The number of likely N-dealkylation sites (N-methyl/N-ethyl adjacent to an activating group) is 1. The van der Waals surface area contributed by atoms with E-state index in [1.807, 2.05) is 28.7 Å². The first kappa shape index (κ1) is 13.5. The predicted octanol–water partition coefficient (Wildman–Crippen LogP) is 2.17. The molecule has 0 bridgehead atoms. The monoisotopic (exact) mass is 342 g/mol. The highest BCUT2D eigenvalue weighted by Gasteiger charge is 2.19. The van der Waals surface area contributed by atoms with Gasteiger partial charge in [-0.1, -0.05) is 18.2 Å². The van der Waals surface area contributed by atoms with Crippen molar-refractivity contribution in [3.63, 3.8) is 0 Å². The van der Waals surface area contributed by atoms with E-state index >= 15 is 0 Å². The minimum Gasteiger partial charge on any atom is -0.506 e. The molecule has 4 nitrogen and oxygen atoms in total. The van der Waals surface area contributed by atoms with Crippen LogP contribution in [0.3, 0.4) is 0 Å². The zero-order valence-electron chi connectivity index (χ0n) is 9.44. The second-order valence-electron chi connectivity index (χ2n) is 3.51. The van der Waals surface area contributed by atoms with Gasteiger partial charge in [-0.3, -0.25) is 4.79 Å². The Hall–Kier alpha value is -1.55. The van der Waals surface area contributed by atoms with E-state index in [2.05, 4.69) is 0 Å². The molecule has 0 aromatic heterocycles. The first-order valence-electron chi connectivity index (χ1n) is 4.79. The maximum Gasteiger partial charge on any atom is 0.267 e. The van der Waals surface area contributed by atoms with Crippen LogP contribution in [0.5, 0.6) is 0 Å². The maximum atomic E-state index is 11.7. The minimum atomic E-state index is -0.510. The third-order valence-corrected chi connectivity index (χ3v) is 3.04. The standard InChI is InChI=1S/C12H11IN2O2/c1-15(2)12(17)9(7-14)11(16)8-5-3-4-6-10(8)13/h3-6,16H,1-2H3. The Morgan fingerprint density at radius 3 is 2.47 bits per heavy atom. The van der Waals surface area contributed by atoms with Crippen LogP contribution in [0.2, 0.25) is 0 Å². The zero-order valence-corrected chi connectivity index (χ0v) is 11.6. The molecule has 1 N–H and O–H groups in total. The summed E-state index contributed by atoms with van der Waals surface area (Å²) >= 11 is 2.04. The molecule has 0 aliphatic heterocycles. The zero-order chi connectivity index (χ0) is 13.0. The Labute approximate surface area is 113 Å². The van der Waals surface area contributed by atoms with Crippen molar-refractivity contribution < 1.29 is 9.90 Å². The van der Waals surface area contributed by atoms with Crippen LogP contribution in [0, 0.1) is 14.9 Å². The topological polar surface area (TPSA) is 64.3 Å². The second kappa shape index (κ2) is 5.68. The molecule has 1 aromatic rings. The molecule has 1 aromatic carbocycles. The molecule has 0 unspecified atom stereocenters. The first-order chi connectivity index (χ1) is 7.99. The maximum absolute atomic E-state index is 11.7. The Morgan fingerprint density at radius 1 is 1.41 bits per heavy atom.